The number of carboxylic acids is 1. The van der Waals surface area contributed by atoms with Gasteiger partial charge in [0.25, 0.3) is 0 Å². The van der Waals surface area contributed by atoms with Gasteiger partial charge in [0.05, 0.1) is 25.0 Å². The Bertz CT molecular complexity index is 767. The number of aliphatic carboxylic acids is 1. The van der Waals surface area contributed by atoms with E-state index in [2.05, 4.69) is 16.8 Å². The van der Waals surface area contributed by atoms with Crippen LogP contribution in [0.15, 0.2) is 22.8 Å². The highest BCUT2D eigenvalue weighted by Gasteiger charge is 2.43. The van der Waals surface area contributed by atoms with Crippen LogP contribution < -0.4 is 0 Å². The van der Waals surface area contributed by atoms with Gasteiger partial charge in [-0.15, -0.1) is 0 Å². The van der Waals surface area contributed by atoms with Gasteiger partial charge in [-0.25, -0.2) is 4.79 Å². The third kappa shape index (κ3) is 6.94. The van der Waals surface area contributed by atoms with Crippen LogP contribution in [-0.4, -0.2) is 85.1 Å². The minimum absolute atomic E-state index is 0.126. The summed E-state index contributed by atoms with van der Waals surface area (Å²) in [4.78, 5) is 26.4. The van der Waals surface area contributed by atoms with Crippen molar-refractivity contribution in [3.05, 3.63) is 24.2 Å². The molecule has 3 aliphatic rings. The number of likely N-dealkylation sites (N-methyl/N-ethyl adjacent to an activating group) is 1. The Balaban J connectivity index is 0.000000383. The second-order valence-corrected chi connectivity index (χ2v) is 8.73. The highest BCUT2D eigenvalue weighted by Crippen LogP contribution is 2.33. The molecule has 0 aliphatic carbocycles. The van der Waals surface area contributed by atoms with Crippen LogP contribution in [0.4, 0.5) is 13.2 Å². The number of nitrogens with zero attached hydrogens (tertiary/aromatic N) is 2. The first-order valence-corrected chi connectivity index (χ1v) is 11.2. The molecule has 1 aromatic heterocycles. The minimum atomic E-state index is -5.08. The molecule has 11 heteroatoms. The molecule has 1 amide bonds. The van der Waals surface area contributed by atoms with Crippen LogP contribution in [0.25, 0.3) is 0 Å². The fraction of sp³-hybridized carbons (Fsp3) is 0.727. The van der Waals surface area contributed by atoms with Gasteiger partial charge in [0.2, 0.25) is 5.91 Å². The van der Waals surface area contributed by atoms with Crippen molar-refractivity contribution in [2.45, 2.75) is 50.6 Å². The van der Waals surface area contributed by atoms with Crippen molar-refractivity contribution >= 4 is 11.9 Å². The van der Waals surface area contributed by atoms with Gasteiger partial charge in [-0.05, 0) is 44.9 Å². The Morgan fingerprint density at radius 1 is 1.18 bits per heavy atom. The maximum absolute atomic E-state index is 13.1. The van der Waals surface area contributed by atoms with Crippen molar-refractivity contribution in [1.82, 2.24) is 9.80 Å². The zero-order chi connectivity index (χ0) is 24.0. The number of alkyl halides is 3. The highest BCUT2D eigenvalue weighted by molar-refractivity contribution is 5.79. The monoisotopic (exact) mass is 476 g/mol. The molecule has 0 saturated carbocycles. The summed E-state index contributed by atoms with van der Waals surface area (Å²) in [7, 11) is 2.12. The van der Waals surface area contributed by atoms with E-state index in [-0.39, 0.29) is 18.1 Å². The molecule has 4 rings (SSSR count). The van der Waals surface area contributed by atoms with Crippen LogP contribution in [-0.2, 0) is 25.6 Å². The van der Waals surface area contributed by atoms with Gasteiger partial charge in [0.15, 0.2) is 0 Å². The maximum Gasteiger partial charge on any atom is 0.490 e. The Morgan fingerprint density at radius 2 is 1.88 bits per heavy atom. The van der Waals surface area contributed by atoms with Crippen LogP contribution >= 0.6 is 0 Å². The molecule has 0 bridgehead atoms. The lowest BCUT2D eigenvalue weighted by Crippen LogP contribution is -2.62. The lowest BCUT2D eigenvalue weighted by atomic mass is 9.84. The molecule has 1 N–H and O–H groups in total. The first-order valence-electron chi connectivity index (χ1n) is 11.2. The summed E-state index contributed by atoms with van der Waals surface area (Å²) in [5.41, 5.74) is 0. The Labute approximate surface area is 190 Å². The summed E-state index contributed by atoms with van der Waals surface area (Å²) in [6.07, 6.45) is 0.787. The number of hydrogen-bond acceptors (Lipinski definition) is 6. The van der Waals surface area contributed by atoms with Gasteiger partial charge >= 0.3 is 12.1 Å². The summed E-state index contributed by atoms with van der Waals surface area (Å²) in [6, 6.07) is 4.14. The average Bonchev–Trinajstić information content (AvgIpc) is 3.31. The van der Waals surface area contributed by atoms with Crippen LogP contribution in [0.1, 0.15) is 31.4 Å². The number of halogens is 3. The zero-order valence-electron chi connectivity index (χ0n) is 18.6. The number of furan rings is 1. The summed E-state index contributed by atoms with van der Waals surface area (Å²) in [5, 5.41) is 7.12. The summed E-state index contributed by atoms with van der Waals surface area (Å²) < 4.78 is 48.9. The number of fused-ring (bicyclic) bond motifs is 1. The number of carbonyl (C=O) groups is 2. The largest absolute Gasteiger partial charge is 0.490 e. The lowest BCUT2D eigenvalue weighted by molar-refractivity contribution is -0.192. The second-order valence-electron chi connectivity index (χ2n) is 8.73. The molecule has 33 heavy (non-hydrogen) atoms. The highest BCUT2D eigenvalue weighted by atomic mass is 19.4. The Morgan fingerprint density at radius 3 is 2.48 bits per heavy atom. The molecule has 3 saturated heterocycles. The van der Waals surface area contributed by atoms with Crippen molar-refractivity contribution in [3.63, 3.8) is 0 Å². The molecule has 0 radical (unpaired) electrons. The number of carboxylic acid groups (broad SMARTS) is 1. The molecule has 4 heterocycles. The molecule has 3 aliphatic heterocycles. The number of carbonyl (C=O) groups excluding carboxylic acids is 1. The smallest absolute Gasteiger partial charge is 0.475 e. The third-order valence-corrected chi connectivity index (χ3v) is 6.41. The van der Waals surface area contributed by atoms with E-state index in [0.717, 1.165) is 57.7 Å². The van der Waals surface area contributed by atoms with Crippen molar-refractivity contribution in [3.8, 4) is 0 Å². The van der Waals surface area contributed by atoms with Gasteiger partial charge in [-0.2, -0.15) is 13.2 Å². The Hall–Kier alpha value is -2.11. The molecule has 186 valence electrons. The topological polar surface area (TPSA) is 92.5 Å². The summed E-state index contributed by atoms with van der Waals surface area (Å²) >= 11 is 0. The first-order chi connectivity index (χ1) is 15.7. The normalized spacial score (nSPS) is 26.3. The molecule has 0 spiro atoms. The fourth-order valence-corrected chi connectivity index (χ4v) is 4.71. The lowest BCUT2D eigenvalue weighted by Gasteiger charge is -2.49. The van der Waals surface area contributed by atoms with Crippen molar-refractivity contribution in [2.24, 2.45) is 11.8 Å². The van der Waals surface area contributed by atoms with Crippen molar-refractivity contribution < 1.29 is 41.8 Å². The SMILES string of the molecule is CN(Cc1ccco1)[C@@H]1CN(C(=O)C2CCOCC2)C[C@@H]2CCCO[C@@H]21.O=C(O)C(F)(F)F. The van der Waals surface area contributed by atoms with E-state index in [9.17, 15) is 18.0 Å². The molecule has 3 fully saturated rings. The maximum atomic E-state index is 13.1. The fourth-order valence-electron chi connectivity index (χ4n) is 4.71. The van der Waals surface area contributed by atoms with E-state index in [1.54, 1.807) is 6.26 Å². The van der Waals surface area contributed by atoms with Crippen LogP contribution in [0.2, 0.25) is 0 Å². The first kappa shape index (κ1) is 25.5. The van der Waals surface area contributed by atoms with E-state index in [0.29, 0.717) is 25.0 Å². The number of amides is 1. The third-order valence-electron chi connectivity index (χ3n) is 6.41. The molecule has 0 unspecified atom stereocenters. The van der Waals surface area contributed by atoms with Crippen LogP contribution in [0.3, 0.4) is 0 Å². The summed E-state index contributed by atoms with van der Waals surface area (Å²) in [5.74, 6) is -0.930. The molecular weight excluding hydrogens is 445 g/mol. The quantitative estimate of drug-likeness (QED) is 0.715. The van der Waals surface area contributed by atoms with Gasteiger partial charge in [-0.3, -0.25) is 9.69 Å². The minimum Gasteiger partial charge on any atom is -0.475 e. The van der Waals surface area contributed by atoms with E-state index < -0.39 is 12.1 Å². The van der Waals surface area contributed by atoms with Crippen LogP contribution in [0.5, 0.6) is 0 Å². The number of rotatable bonds is 4. The number of ether oxygens (including phenoxy) is 2. The predicted octanol–water partition coefficient (Wildman–Crippen LogP) is 2.78. The molecule has 8 nitrogen and oxygen atoms in total. The predicted molar refractivity (Wildman–Crippen MR) is 110 cm³/mol. The molecule has 3 atom stereocenters. The standard InChI is InChI=1S/C20H30N2O4.C2HF3O2/c1-21(13-17-5-3-8-25-17)18-14-22(12-16-4-2-9-26-19(16)18)20(23)15-6-10-24-11-7-15;3-2(4,5)1(6)7/h3,5,8,15-16,18-19H,2,4,6-7,9-14H2,1H3;(H,6,7)/t16-,18+,19-;/m0./s1. The van der Waals surface area contributed by atoms with E-state index in [1.807, 2.05) is 12.1 Å². The number of hydrogen-bond donors (Lipinski definition) is 1. The van der Waals surface area contributed by atoms with E-state index in [4.69, 9.17) is 23.8 Å². The number of likely N-dealkylation sites (tertiary alicyclic amines) is 1. The molecular formula is C22H31F3N2O6. The van der Waals surface area contributed by atoms with E-state index in [1.165, 1.54) is 0 Å². The van der Waals surface area contributed by atoms with Gasteiger partial charge in [0, 0.05) is 44.7 Å². The van der Waals surface area contributed by atoms with Gasteiger partial charge < -0.3 is 23.9 Å². The van der Waals surface area contributed by atoms with Gasteiger partial charge in [-0.1, -0.05) is 0 Å². The second kappa shape index (κ2) is 11.3. The van der Waals surface area contributed by atoms with Gasteiger partial charge in [0.1, 0.15) is 5.76 Å². The van der Waals surface area contributed by atoms with Crippen molar-refractivity contribution in [2.75, 3.05) is 40.0 Å². The molecule has 1 aromatic rings. The average molecular weight is 476 g/mol. The van der Waals surface area contributed by atoms with Crippen LogP contribution in [0, 0.1) is 11.8 Å². The van der Waals surface area contributed by atoms with E-state index >= 15 is 0 Å². The number of piperidine rings is 1. The Kier molecular flexibility index (Phi) is 8.77. The van der Waals surface area contributed by atoms with Crippen molar-refractivity contribution in [1.29, 1.82) is 0 Å². The zero-order valence-corrected chi connectivity index (χ0v) is 18.6. The molecule has 0 aromatic carbocycles. The summed E-state index contributed by atoms with van der Waals surface area (Å²) in [6.45, 7) is 4.58.